The molecule has 12 heavy (non-hydrogen) atoms. The third-order valence-corrected chi connectivity index (χ3v) is 2.04. The van der Waals surface area contributed by atoms with E-state index in [2.05, 4.69) is 11.1 Å². The molecule has 0 radical (unpaired) electrons. The van der Waals surface area contributed by atoms with Crippen LogP contribution in [0.2, 0.25) is 0 Å². The van der Waals surface area contributed by atoms with Gasteiger partial charge in [-0.15, -0.1) is 0 Å². The molecule has 0 fully saturated rings. The molecule has 0 saturated heterocycles. The predicted octanol–water partition coefficient (Wildman–Crippen LogP) is 1.66. The second-order valence-corrected chi connectivity index (χ2v) is 3.10. The Morgan fingerprint density at radius 3 is 2.75 bits per heavy atom. The van der Waals surface area contributed by atoms with E-state index in [1.807, 2.05) is 25.3 Å². The zero-order chi connectivity index (χ0) is 9.14. The highest BCUT2D eigenvalue weighted by Crippen LogP contribution is 2.07. The Kier molecular flexibility index (Phi) is 2.49. The molecule has 64 valence electrons. The summed E-state index contributed by atoms with van der Waals surface area (Å²) in [7, 11) is 0. The van der Waals surface area contributed by atoms with Crippen molar-refractivity contribution in [2.24, 2.45) is 5.92 Å². The van der Waals surface area contributed by atoms with Gasteiger partial charge < -0.3 is 4.57 Å². The molecule has 1 heterocycles. The number of aryl methyl sites for hydroxylation is 1. The van der Waals surface area contributed by atoms with E-state index >= 15 is 0 Å². The van der Waals surface area contributed by atoms with Crippen molar-refractivity contribution in [3.05, 3.63) is 17.7 Å². The van der Waals surface area contributed by atoms with E-state index in [1.54, 1.807) is 6.33 Å². The molecule has 0 aliphatic rings. The zero-order valence-electron chi connectivity index (χ0n) is 7.70. The van der Waals surface area contributed by atoms with Gasteiger partial charge in [-0.3, -0.25) is 0 Å². The van der Waals surface area contributed by atoms with Gasteiger partial charge in [-0.2, -0.15) is 5.26 Å². The van der Waals surface area contributed by atoms with Crippen LogP contribution in [0.4, 0.5) is 0 Å². The van der Waals surface area contributed by atoms with E-state index in [9.17, 15) is 0 Å². The van der Waals surface area contributed by atoms with Gasteiger partial charge in [0.1, 0.15) is 0 Å². The van der Waals surface area contributed by atoms with Crippen molar-refractivity contribution in [3.8, 4) is 6.07 Å². The number of rotatable bonds is 2. The zero-order valence-corrected chi connectivity index (χ0v) is 7.70. The minimum absolute atomic E-state index is 0.0531. The van der Waals surface area contributed by atoms with Crippen molar-refractivity contribution < 1.29 is 0 Å². The summed E-state index contributed by atoms with van der Waals surface area (Å²) in [6.07, 6.45) is 1.79. The van der Waals surface area contributed by atoms with Crippen LogP contribution in [0, 0.1) is 31.1 Å². The number of nitrogens with zero attached hydrogens (tertiary/aromatic N) is 3. The molecule has 1 unspecified atom stereocenters. The first-order chi connectivity index (χ1) is 5.65. The van der Waals surface area contributed by atoms with E-state index in [1.165, 1.54) is 0 Å². The maximum absolute atomic E-state index is 8.61. The summed E-state index contributed by atoms with van der Waals surface area (Å²) >= 11 is 0. The van der Waals surface area contributed by atoms with Crippen LogP contribution in [0.15, 0.2) is 6.33 Å². The van der Waals surface area contributed by atoms with E-state index in [0.29, 0.717) is 0 Å². The Balaban J connectivity index is 2.77. The third-order valence-electron chi connectivity index (χ3n) is 2.04. The fourth-order valence-electron chi connectivity index (χ4n) is 1.06. The van der Waals surface area contributed by atoms with Crippen LogP contribution in [0.5, 0.6) is 0 Å². The highest BCUT2D eigenvalue weighted by molar-refractivity contribution is 5.08. The van der Waals surface area contributed by atoms with Gasteiger partial charge in [0.05, 0.1) is 24.0 Å². The fourth-order valence-corrected chi connectivity index (χ4v) is 1.06. The lowest BCUT2D eigenvalue weighted by molar-refractivity contribution is 0.569. The van der Waals surface area contributed by atoms with Crippen LogP contribution in [0.1, 0.15) is 18.3 Å². The predicted molar refractivity (Wildman–Crippen MR) is 46.5 cm³/mol. The van der Waals surface area contributed by atoms with Gasteiger partial charge in [0, 0.05) is 12.2 Å². The van der Waals surface area contributed by atoms with Gasteiger partial charge >= 0.3 is 0 Å². The number of aromatic nitrogens is 2. The van der Waals surface area contributed by atoms with Crippen LogP contribution in [0.25, 0.3) is 0 Å². The summed E-state index contributed by atoms with van der Waals surface area (Å²) in [6.45, 7) is 6.65. The molecule has 0 bridgehead atoms. The van der Waals surface area contributed by atoms with Crippen molar-refractivity contribution >= 4 is 0 Å². The normalized spacial score (nSPS) is 12.5. The Labute approximate surface area is 72.7 Å². The maximum atomic E-state index is 8.61. The van der Waals surface area contributed by atoms with Crippen molar-refractivity contribution in [1.82, 2.24) is 9.55 Å². The number of nitriles is 1. The van der Waals surface area contributed by atoms with Crippen LogP contribution in [0.3, 0.4) is 0 Å². The molecular formula is C9H13N3. The lowest BCUT2D eigenvalue weighted by atomic mass is 10.2. The highest BCUT2D eigenvalue weighted by Gasteiger charge is 2.05. The van der Waals surface area contributed by atoms with E-state index < -0.39 is 0 Å². The molecule has 0 N–H and O–H groups in total. The molecular weight excluding hydrogens is 150 g/mol. The topological polar surface area (TPSA) is 41.6 Å². The van der Waals surface area contributed by atoms with Crippen molar-refractivity contribution in [2.45, 2.75) is 27.3 Å². The van der Waals surface area contributed by atoms with Gasteiger partial charge in [0.25, 0.3) is 0 Å². The molecule has 1 aromatic rings. The average Bonchev–Trinajstić information content (AvgIpc) is 2.36. The Bertz CT molecular complexity index is 306. The second kappa shape index (κ2) is 3.40. The van der Waals surface area contributed by atoms with Crippen molar-refractivity contribution in [3.63, 3.8) is 0 Å². The van der Waals surface area contributed by atoms with E-state index in [-0.39, 0.29) is 5.92 Å². The van der Waals surface area contributed by atoms with Gasteiger partial charge in [-0.05, 0) is 20.8 Å². The molecule has 0 aliphatic heterocycles. The standard InChI is InChI=1S/C9H13N3/c1-7(4-10)5-12-6-11-8(2)9(12)3/h6-7H,5H2,1-3H3. The Hall–Kier alpha value is -1.30. The summed E-state index contributed by atoms with van der Waals surface area (Å²) in [5, 5.41) is 8.61. The average molecular weight is 163 g/mol. The van der Waals surface area contributed by atoms with E-state index in [4.69, 9.17) is 5.26 Å². The van der Waals surface area contributed by atoms with Crippen molar-refractivity contribution in [2.75, 3.05) is 0 Å². The molecule has 1 rings (SSSR count). The second-order valence-electron chi connectivity index (χ2n) is 3.10. The summed E-state index contributed by atoms with van der Waals surface area (Å²) < 4.78 is 2.02. The lowest BCUT2D eigenvalue weighted by Crippen LogP contribution is -2.06. The van der Waals surface area contributed by atoms with Gasteiger partial charge in [0.2, 0.25) is 0 Å². The molecule has 0 aliphatic carbocycles. The fraction of sp³-hybridized carbons (Fsp3) is 0.556. The Morgan fingerprint density at radius 2 is 2.33 bits per heavy atom. The molecule has 0 saturated carbocycles. The smallest absolute Gasteiger partial charge is 0.0951 e. The monoisotopic (exact) mass is 163 g/mol. The first-order valence-corrected chi connectivity index (χ1v) is 4.03. The highest BCUT2D eigenvalue weighted by atomic mass is 15.1. The summed E-state index contributed by atoms with van der Waals surface area (Å²) in [5.74, 6) is 0.0531. The minimum atomic E-state index is 0.0531. The lowest BCUT2D eigenvalue weighted by Gasteiger charge is -2.05. The molecule has 1 aromatic heterocycles. The maximum Gasteiger partial charge on any atom is 0.0951 e. The van der Waals surface area contributed by atoms with Crippen LogP contribution in [-0.2, 0) is 6.54 Å². The van der Waals surface area contributed by atoms with Crippen molar-refractivity contribution in [1.29, 1.82) is 5.26 Å². The molecule has 3 nitrogen and oxygen atoms in total. The van der Waals surface area contributed by atoms with Gasteiger partial charge in [-0.1, -0.05) is 0 Å². The van der Waals surface area contributed by atoms with Crippen LogP contribution >= 0.6 is 0 Å². The Morgan fingerprint density at radius 1 is 1.67 bits per heavy atom. The largest absolute Gasteiger partial charge is 0.333 e. The molecule has 3 heteroatoms. The minimum Gasteiger partial charge on any atom is -0.333 e. The first kappa shape index (κ1) is 8.79. The summed E-state index contributed by atoms with van der Waals surface area (Å²) in [5.41, 5.74) is 2.19. The van der Waals surface area contributed by atoms with E-state index in [0.717, 1.165) is 17.9 Å². The number of hydrogen-bond donors (Lipinski definition) is 0. The first-order valence-electron chi connectivity index (χ1n) is 4.03. The molecule has 0 spiro atoms. The van der Waals surface area contributed by atoms with Gasteiger partial charge in [-0.25, -0.2) is 4.98 Å². The van der Waals surface area contributed by atoms with Crippen LogP contribution in [-0.4, -0.2) is 9.55 Å². The van der Waals surface area contributed by atoms with Crippen LogP contribution < -0.4 is 0 Å². The summed E-state index contributed by atoms with van der Waals surface area (Å²) in [6, 6.07) is 2.20. The quantitative estimate of drug-likeness (QED) is 0.665. The van der Waals surface area contributed by atoms with Gasteiger partial charge in [0.15, 0.2) is 0 Å². The third kappa shape index (κ3) is 1.65. The number of imidazole rings is 1. The molecule has 0 aromatic carbocycles. The SMILES string of the molecule is Cc1ncn(CC(C)C#N)c1C. The number of hydrogen-bond acceptors (Lipinski definition) is 2. The molecule has 1 atom stereocenters. The molecule has 0 amide bonds. The summed E-state index contributed by atoms with van der Waals surface area (Å²) in [4.78, 5) is 4.16.